The van der Waals surface area contributed by atoms with E-state index in [4.69, 9.17) is 10.8 Å². The lowest BCUT2D eigenvalue weighted by Crippen LogP contribution is -2.44. The van der Waals surface area contributed by atoms with Crippen LogP contribution in [0.4, 0.5) is 5.69 Å². The maximum absolute atomic E-state index is 12.4. The van der Waals surface area contributed by atoms with E-state index in [1.165, 1.54) is 0 Å². The van der Waals surface area contributed by atoms with E-state index in [9.17, 15) is 4.79 Å². The Morgan fingerprint density at radius 3 is 2.40 bits per heavy atom. The van der Waals surface area contributed by atoms with Crippen LogP contribution in [0.3, 0.4) is 0 Å². The van der Waals surface area contributed by atoms with Gasteiger partial charge in [0.25, 0.3) is 5.91 Å². The number of amides is 1. The van der Waals surface area contributed by atoms with Crippen molar-refractivity contribution in [1.29, 1.82) is 0 Å². The smallest absolute Gasteiger partial charge is 0.251 e. The molecule has 4 heteroatoms. The van der Waals surface area contributed by atoms with Crippen molar-refractivity contribution in [3.05, 3.63) is 28.8 Å². The van der Waals surface area contributed by atoms with Gasteiger partial charge in [0.15, 0.2) is 0 Å². The Bertz CT molecular complexity index is 490. The second-order valence-corrected chi connectivity index (χ2v) is 6.43. The second-order valence-electron chi connectivity index (χ2n) is 6.43. The summed E-state index contributed by atoms with van der Waals surface area (Å²) in [7, 11) is 0. The second kappa shape index (κ2) is 6.27. The van der Waals surface area contributed by atoms with Crippen molar-refractivity contribution in [2.75, 3.05) is 12.3 Å². The van der Waals surface area contributed by atoms with E-state index in [-0.39, 0.29) is 24.0 Å². The Kier molecular flexibility index (Phi) is 5.17. The molecule has 1 aromatic carbocycles. The topological polar surface area (TPSA) is 75.3 Å². The zero-order valence-corrected chi connectivity index (χ0v) is 13.1. The Hall–Kier alpha value is -1.55. The Morgan fingerprint density at radius 1 is 1.30 bits per heavy atom. The van der Waals surface area contributed by atoms with Crippen molar-refractivity contribution >= 4 is 11.6 Å². The molecule has 1 atom stereocenters. The molecule has 1 aromatic rings. The van der Waals surface area contributed by atoms with Gasteiger partial charge in [-0.1, -0.05) is 26.8 Å². The third-order valence-electron chi connectivity index (χ3n) is 3.63. The number of aryl methyl sites for hydroxylation is 2. The highest BCUT2D eigenvalue weighted by atomic mass is 16.3. The molecule has 0 saturated carbocycles. The summed E-state index contributed by atoms with van der Waals surface area (Å²) in [5, 5.41) is 12.2. The molecular formula is C16H26N2O2. The summed E-state index contributed by atoms with van der Waals surface area (Å²) in [4.78, 5) is 12.4. The fourth-order valence-electron chi connectivity index (χ4n) is 2.20. The number of nitrogens with two attached hydrogens (primary N) is 1. The van der Waals surface area contributed by atoms with Crippen molar-refractivity contribution < 1.29 is 9.90 Å². The van der Waals surface area contributed by atoms with Gasteiger partial charge in [0.05, 0.1) is 0 Å². The first-order valence-electron chi connectivity index (χ1n) is 6.95. The number of aliphatic hydroxyl groups is 1. The van der Waals surface area contributed by atoms with Crippen molar-refractivity contribution in [3.8, 4) is 0 Å². The first-order chi connectivity index (χ1) is 9.16. The van der Waals surface area contributed by atoms with Gasteiger partial charge in [-0.25, -0.2) is 0 Å². The van der Waals surface area contributed by atoms with Crippen LogP contribution in [0.2, 0.25) is 0 Å². The van der Waals surface area contributed by atoms with Crippen LogP contribution in [-0.2, 0) is 0 Å². The van der Waals surface area contributed by atoms with Crippen molar-refractivity contribution in [3.63, 3.8) is 0 Å². The molecule has 0 saturated heterocycles. The minimum atomic E-state index is -0.137. The number of nitrogen functional groups attached to an aromatic ring is 1. The third kappa shape index (κ3) is 3.97. The van der Waals surface area contributed by atoms with Crippen LogP contribution < -0.4 is 11.1 Å². The molecule has 1 unspecified atom stereocenters. The first kappa shape index (κ1) is 16.5. The summed E-state index contributed by atoms with van der Waals surface area (Å²) < 4.78 is 0. The highest BCUT2D eigenvalue weighted by molar-refractivity contribution is 5.97. The van der Waals surface area contributed by atoms with Gasteiger partial charge in [0, 0.05) is 23.9 Å². The predicted octanol–water partition coefficient (Wildman–Crippen LogP) is 2.41. The standard InChI is InChI=1S/C16H26N2O2/c1-10-8-11(2)13(17)9-12(10)15(20)18-14(6-7-19)16(3,4)5/h8-9,14,19H,6-7,17H2,1-5H3,(H,18,20). The van der Waals surface area contributed by atoms with E-state index in [1.807, 2.05) is 40.7 Å². The average Bonchev–Trinajstić information content (AvgIpc) is 2.32. The lowest BCUT2D eigenvalue weighted by atomic mass is 9.84. The molecule has 112 valence electrons. The van der Waals surface area contributed by atoms with Crippen LogP contribution in [0, 0.1) is 19.3 Å². The summed E-state index contributed by atoms with van der Waals surface area (Å²) in [5.41, 5.74) is 8.87. The van der Waals surface area contributed by atoms with Crippen LogP contribution in [0.1, 0.15) is 48.7 Å². The number of nitrogens with one attached hydrogen (secondary N) is 1. The van der Waals surface area contributed by atoms with Gasteiger partial charge in [0.2, 0.25) is 0 Å². The van der Waals surface area contributed by atoms with E-state index in [2.05, 4.69) is 5.32 Å². The number of rotatable bonds is 4. The molecule has 1 amide bonds. The van der Waals surface area contributed by atoms with Gasteiger partial charge < -0.3 is 16.2 Å². The molecule has 20 heavy (non-hydrogen) atoms. The molecule has 0 bridgehead atoms. The molecule has 0 spiro atoms. The minimum Gasteiger partial charge on any atom is -0.398 e. The summed E-state index contributed by atoms with van der Waals surface area (Å²) in [6, 6.07) is 3.56. The maximum Gasteiger partial charge on any atom is 0.251 e. The monoisotopic (exact) mass is 278 g/mol. The van der Waals surface area contributed by atoms with Gasteiger partial charge in [0.1, 0.15) is 0 Å². The lowest BCUT2D eigenvalue weighted by Gasteiger charge is -2.31. The van der Waals surface area contributed by atoms with Crippen LogP contribution in [0.5, 0.6) is 0 Å². The average molecular weight is 278 g/mol. The molecule has 0 aromatic heterocycles. The molecule has 0 aliphatic carbocycles. The summed E-state index contributed by atoms with van der Waals surface area (Å²) in [6.07, 6.45) is 0.537. The molecule has 1 rings (SSSR count). The quantitative estimate of drug-likeness (QED) is 0.740. The number of carbonyl (C=O) groups is 1. The first-order valence-corrected chi connectivity index (χ1v) is 6.95. The van der Waals surface area contributed by atoms with Crippen molar-refractivity contribution in [2.45, 2.75) is 47.1 Å². The minimum absolute atomic E-state index is 0.0528. The number of hydrogen-bond acceptors (Lipinski definition) is 3. The summed E-state index contributed by atoms with van der Waals surface area (Å²) in [6.45, 7) is 10.0. The molecule has 0 heterocycles. The normalized spacial score (nSPS) is 13.1. The van der Waals surface area contributed by atoms with E-state index in [1.54, 1.807) is 6.07 Å². The zero-order valence-electron chi connectivity index (χ0n) is 13.1. The van der Waals surface area contributed by atoms with Crippen LogP contribution in [0.25, 0.3) is 0 Å². The van der Waals surface area contributed by atoms with Gasteiger partial charge in [-0.2, -0.15) is 0 Å². The van der Waals surface area contributed by atoms with E-state index in [0.29, 0.717) is 17.7 Å². The van der Waals surface area contributed by atoms with Crippen LogP contribution in [-0.4, -0.2) is 23.7 Å². The van der Waals surface area contributed by atoms with E-state index >= 15 is 0 Å². The van der Waals surface area contributed by atoms with Crippen molar-refractivity contribution in [2.24, 2.45) is 5.41 Å². The number of anilines is 1. The third-order valence-corrected chi connectivity index (χ3v) is 3.63. The number of benzene rings is 1. The lowest BCUT2D eigenvalue weighted by molar-refractivity contribution is 0.0884. The predicted molar refractivity (Wildman–Crippen MR) is 82.7 cm³/mol. The highest BCUT2D eigenvalue weighted by Crippen LogP contribution is 2.23. The van der Waals surface area contributed by atoms with Crippen molar-refractivity contribution in [1.82, 2.24) is 5.32 Å². The SMILES string of the molecule is Cc1cc(C)c(C(=O)NC(CCO)C(C)(C)C)cc1N. The number of hydrogen-bond donors (Lipinski definition) is 3. The zero-order chi connectivity index (χ0) is 15.5. The van der Waals surface area contributed by atoms with Gasteiger partial charge in [-0.05, 0) is 42.9 Å². The summed E-state index contributed by atoms with van der Waals surface area (Å²) in [5.74, 6) is -0.137. The molecule has 0 aliphatic rings. The maximum atomic E-state index is 12.4. The summed E-state index contributed by atoms with van der Waals surface area (Å²) >= 11 is 0. The molecule has 4 N–H and O–H groups in total. The number of aliphatic hydroxyl groups excluding tert-OH is 1. The van der Waals surface area contributed by atoms with Gasteiger partial charge in [-0.15, -0.1) is 0 Å². The van der Waals surface area contributed by atoms with Crippen LogP contribution >= 0.6 is 0 Å². The van der Waals surface area contributed by atoms with Crippen LogP contribution in [0.15, 0.2) is 12.1 Å². The fourth-order valence-corrected chi connectivity index (χ4v) is 2.20. The molecular weight excluding hydrogens is 252 g/mol. The van der Waals surface area contributed by atoms with Gasteiger partial charge in [-0.3, -0.25) is 4.79 Å². The molecule has 0 aliphatic heterocycles. The molecule has 4 nitrogen and oxygen atoms in total. The molecule has 0 radical (unpaired) electrons. The van der Waals surface area contributed by atoms with Gasteiger partial charge >= 0.3 is 0 Å². The highest BCUT2D eigenvalue weighted by Gasteiger charge is 2.26. The van der Waals surface area contributed by atoms with E-state index < -0.39 is 0 Å². The Balaban J connectivity index is 2.98. The largest absolute Gasteiger partial charge is 0.398 e. The van der Waals surface area contributed by atoms with E-state index in [0.717, 1.165) is 11.1 Å². The Morgan fingerprint density at radius 2 is 1.90 bits per heavy atom. The Labute approximate surface area is 121 Å². The molecule has 0 fully saturated rings. The number of carbonyl (C=O) groups excluding carboxylic acids is 1. The fraction of sp³-hybridized carbons (Fsp3) is 0.562.